The summed E-state index contributed by atoms with van der Waals surface area (Å²) in [6.07, 6.45) is 5.64. The molecular formula is C11H19NO2. The lowest BCUT2D eigenvalue weighted by Gasteiger charge is -2.27. The minimum absolute atomic E-state index is 0.190. The van der Waals surface area contributed by atoms with Crippen LogP contribution in [0.25, 0.3) is 0 Å². The summed E-state index contributed by atoms with van der Waals surface area (Å²) >= 11 is 0. The van der Waals surface area contributed by atoms with E-state index in [0.717, 1.165) is 6.42 Å². The molecule has 0 N–H and O–H groups in total. The smallest absolute Gasteiger partial charge is 0.411 e. The van der Waals surface area contributed by atoms with Crippen molar-refractivity contribution in [3.63, 3.8) is 0 Å². The van der Waals surface area contributed by atoms with Gasteiger partial charge in [-0.1, -0.05) is 12.8 Å². The first-order valence-electron chi connectivity index (χ1n) is 4.73. The second-order valence-corrected chi connectivity index (χ2v) is 4.18. The maximum Gasteiger partial charge on any atom is 0.411 e. The van der Waals surface area contributed by atoms with Crippen molar-refractivity contribution in [2.24, 2.45) is 0 Å². The normalized spacial score (nSPS) is 12.9. The largest absolute Gasteiger partial charge is 0.444 e. The first kappa shape index (κ1) is 12.8. The van der Waals surface area contributed by atoms with Gasteiger partial charge in [-0.15, -0.1) is 6.42 Å². The summed E-state index contributed by atoms with van der Waals surface area (Å²) in [6, 6.07) is -0.190. The van der Waals surface area contributed by atoms with Crippen LogP contribution in [0.15, 0.2) is 0 Å². The molecule has 0 bridgehead atoms. The zero-order valence-electron chi connectivity index (χ0n) is 9.63. The molecule has 0 aromatic heterocycles. The van der Waals surface area contributed by atoms with Crippen LogP contribution in [-0.2, 0) is 4.74 Å². The van der Waals surface area contributed by atoms with E-state index in [1.807, 2.05) is 27.7 Å². The van der Waals surface area contributed by atoms with Gasteiger partial charge < -0.3 is 4.74 Å². The molecule has 1 amide bonds. The lowest BCUT2D eigenvalue weighted by atomic mass is 10.2. The van der Waals surface area contributed by atoms with E-state index in [-0.39, 0.29) is 12.1 Å². The fourth-order valence-corrected chi connectivity index (χ4v) is 0.965. The Kier molecular flexibility index (Phi) is 4.49. The average molecular weight is 197 g/mol. The number of rotatable bonds is 2. The summed E-state index contributed by atoms with van der Waals surface area (Å²) in [5.41, 5.74) is -0.474. The topological polar surface area (TPSA) is 29.5 Å². The number of hydrogen-bond acceptors (Lipinski definition) is 2. The van der Waals surface area contributed by atoms with E-state index in [4.69, 9.17) is 11.2 Å². The molecule has 0 aromatic carbocycles. The van der Waals surface area contributed by atoms with Gasteiger partial charge in [0.1, 0.15) is 5.60 Å². The predicted octanol–water partition coefficient (Wildman–Crippen LogP) is 2.27. The van der Waals surface area contributed by atoms with E-state index in [1.54, 1.807) is 7.05 Å². The van der Waals surface area contributed by atoms with Crippen LogP contribution >= 0.6 is 0 Å². The van der Waals surface area contributed by atoms with Gasteiger partial charge in [-0.2, -0.15) is 0 Å². The molecule has 0 aliphatic carbocycles. The molecule has 0 aliphatic rings. The predicted molar refractivity (Wildman–Crippen MR) is 56.9 cm³/mol. The maximum atomic E-state index is 11.5. The lowest BCUT2D eigenvalue weighted by Crippen LogP contribution is -2.39. The van der Waals surface area contributed by atoms with Gasteiger partial charge in [-0.25, -0.2) is 4.79 Å². The first-order valence-corrected chi connectivity index (χ1v) is 4.73. The third-order valence-corrected chi connectivity index (χ3v) is 1.73. The van der Waals surface area contributed by atoms with E-state index >= 15 is 0 Å². The Labute approximate surface area is 86.4 Å². The summed E-state index contributed by atoms with van der Waals surface area (Å²) < 4.78 is 5.18. The van der Waals surface area contributed by atoms with Gasteiger partial charge in [0.25, 0.3) is 0 Å². The Morgan fingerprint density at radius 2 is 2.07 bits per heavy atom. The zero-order valence-corrected chi connectivity index (χ0v) is 9.63. The number of ether oxygens (including phenoxy) is 1. The molecule has 0 fully saturated rings. The molecule has 0 saturated heterocycles. The summed E-state index contributed by atoms with van der Waals surface area (Å²) in [6.45, 7) is 7.42. The maximum absolute atomic E-state index is 11.5. The molecule has 3 nitrogen and oxygen atoms in total. The van der Waals surface area contributed by atoms with Gasteiger partial charge in [0.05, 0.1) is 6.04 Å². The average Bonchev–Trinajstić information content (AvgIpc) is 2.03. The molecule has 0 saturated carbocycles. The number of amides is 1. The van der Waals surface area contributed by atoms with Gasteiger partial charge in [0.15, 0.2) is 0 Å². The summed E-state index contributed by atoms with van der Waals surface area (Å²) in [5, 5.41) is 0. The third kappa shape index (κ3) is 4.18. The molecule has 0 aromatic rings. The van der Waals surface area contributed by atoms with Gasteiger partial charge in [-0.3, -0.25) is 4.90 Å². The third-order valence-electron chi connectivity index (χ3n) is 1.73. The van der Waals surface area contributed by atoms with Crippen LogP contribution in [-0.4, -0.2) is 29.7 Å². The Bertz CT molecular complexity index is 235. The molecular weight excluding hydrogens is 178 g/mol. The highest BCUT2D eigenvalue weighted by atomic mass is 16.6. The minimum atomic E-state index is -0.474. The molecule has 0 radical (unpaired) electrons. The highest BCUT2D eigenvalue weighted by molar-refractivity contribution is 5.68. The SMILES string of the molecule is C#C[C@@H](CC)N(C)C(=O)OC(C)(C)C. The molecule has 0 aliphatic heterocycles. The standard InChI is InChI=1S/C11H19NO2/c1-7-9(8-2)12(6)10(13)14-11(3,4)5/h1,9H,8H2,2-6H3/t9-/m0/s1. The fraction of sp³-hybridized carbons (Fsp3) is 0.727. The van der Waals surface area contributed by atoms with Crippen LogP contribution in [0.1, 0.15) is 34.1 Å². The zero-order chi connectivity index (χ0) is 11.4. The first-order chi connectivity index (χ1) is 6.31. The number of terminal acetylenes is 1. The van der Waals surface area contributed by atoms with E-state index in [2.05, 4.69) is 5.92 Å². The van der Waals surface area contributed by atoms with E-state index < -0.39 is 5.60 Å². The minimum Gasteiger partial charge on any atom is -0.444 e. The molecule has 0 unspecified atom stereocenters. The van der Waals surface area contributed by atoms with Crippen molar-refractivity contribution in [3.05, 3.63) is 0 Å². The molecule has 0 rings (SSSR count). The van der Waals surface area contributed by atoms with Crippen molar-refractivity contribution >= 4 is 6.09 Å². The second-order valence-electron chi connectivity index (χ2n) is 4.18. The molecule has 0 spiro atoms. The van der Waals surface area contributed by atoms with Crippen LogP contribution in [0.3, 0.4) is 0 Å². The summed E-state index contributed by atoms with van der Waals surface area (Å²) in [5.74, 6) is 2.54. The molecule has 3 heteroatoms. The van der Waals surface area contributed by atoms with Crippen molar-refractivity contribution < 1.29 is 9.53 Å². The van der Waals surface area contributed by atoms with Crippen molar-refractivity contribution in [1.29, 1.82) is 0 Å². The summed E-state index contributed by atoms with van der Waals surface area (Å²) in [4.78, 5) is 13.0. The van der Waals surface area contributed by atoms with Gasteiger partial charge in [0.2, 0.25) is 0 Å². The summed E-state index contributed by atoms with van der Waals surface area (Å²) in [7, 11) is 1.65. The molecule has 80 valence electrons. The van der Waals surface area contributed by atoms with Crippen molar-refractivity contribution in [2.75, 3.05) is 7.05 Å². The van der Waals surface area contributed by atoms with E-state index in [9.17, 15) is 4.79 Å². The van der Waals surface area contributed by atoms with Crippen molar-refractivity contribution in [3.8, 4) is 12.3 Å². The number of carbonyl (C=O) groups is 1. The van der Waals surface area contributed by atoms with Crippen molar-refractivity contribution in [1.82, 2.24) is 4.90 Å². The number of hydrogen-bond donors (Lipinski definition) is 0. The lowest BCUT2D eigenvalue weighted by molar-refractivity contribution is 0.0259. The van der Waals surface area contributed by atoms with Gasteiger partial charge in [0, 0.05) is 7.05 Å². The quantitative estimate of drug-likeness (QED) is 0.635. The molecule has 14 heavy (non-hydrogen) atoms. The Morgan fingerprint density at radius 1 is 1.57 bits per heavy atom. The molecule has 0 heterocycles. The van der Waals surface area contributed by atoms with Crippen LogP contribution < -0.4 is 0 Å². The second kappa shape index (κ2) is 4.90. The van der Waals surface area contributed by atoms with Gasteiger partial charge >= 0.3 is 6.09 Å². The Balaban J connectivity index is 4.34. The Morgan fingerprint density at radius 3 is 2.36 bits per heavy atom. The van der Waals surface area contributed by atoms with Crippen LogP contribution in [0.5, 0.6) is 0 Å². The van der Waals surface area contributed by atoms with Crippen LogP contribution in [0.2, 0.25) is 0 Å². The molecule has 1 atom stereocenters. The fourth-order valence-electron chi connectivity index (χ4n) is 0.965. The van der Waals surface area contributed by atoms with Crippen molar-refractivity contribution in [2.45, 2.75) is 45.8 Å². The monoisotopic (exact) mass is 197 g/mol. The number of nitrogens with zero attached hydrogens (tertiary/aromatic N) is 1. The van der Waals surface area contributed by atoms with Gasteiger partial charge in [-0.05, 0) is 27.2 Å². The Hall–Kier alpha value is -1.17. The van der Waals surface area contributed by atoms with Crippen LogP contribution in [0, 0.1) is 12.3 Å². The highest BCUT2D eigenvalue weighted by Gasteiger charge is 2.22. The van der Waals surface area contributed by atoms with Crippen LogP contribution in [0.4, 0.5) is 4.79 Å². The van der Waals surface area contributed by atoms with E-state index in [0.29, 0.717) is 0 Å². The number of carbonyl (C=O) groups excluding carboxylic acids is 1. The highest BCUT2D eigenvalue weighted by Crippen LogP contribution is 2.11. The van der Waals surface area contributed by atoms with E-state index in [1.165, 1.54) is 4.90 Å².